The van der Waals surface area contributed by atoms with E-state index < -0.39 is 5.97 Å². The van der Waals surface area contributed by atoms with Crippen molar-refractivity contribution in [1.82, 2.24) is 0 Å². The normalized spacial score (nSPS) is 10.9. The summed E-state index contributed by atoms with van der Waals surface area (Å²) in [6.45, 7) is 2.10. The second-order valence-corrected chi connectivity index (χ2v) is 6.78. The number of aliphatic hydroxyl groups excluding tert-OH is 2. The van der Waals surface area contributed by atoms with E-state index in [2.05, 4.69) is 6.92 Å². The van der Waals surface area contributed by atoms with Gasteiger partial charge in [-0.25, -0.2) is 4.79 Å². The summed E-state index contributed by atoms with van der Waals surface area (Å²) in [6.07, 6.45) is 12.4. The van der Waals surface area contributed by atoms with E-state index in [-0.39, 0.29) is 18.8 Å². The fourth-order valence-corrected chi connectivity index (χ4v) is 3.06. The number of carbonyl (C=O) groups is 1. The van der Waals surface area contributed by atoms with Crippen LogP contribution in [-0.2, 0) is 13.2 Å². The van der Waals surface area contributed by atoms with Gasteiger partial charge in [0, 0.05) is 11.1 Å². The van der Waals surface area contributed by atoms with Crippen molar-refractivity contribution >= 4 is 5.97 Å². The third kappa shape index (κ3) is 8.19. The molecule has 0 aromatic heterocycles. The first-order chi connectivity index (χ1) is 12.6. The molecule has 5 heteroatoms. The maximum Gasteiger partial charge on any atom is 0.335 e. The SMILES string of the molecule is CCCCCCCCCCCCOc1c(CO)cc(C(=O)O)cc1CO. The third-order valence-corrected chi connectivity index (χ3v) is 4.57. The van der Waals surface area contributed by atoms with Crippen LogP contribution in [0.5, 0.6) is 5.75 Å². The first-order valence-corrected chi connectivity index (χ1v) is 9.87. The highest BCUT2D eigenvalue weighted by Gasteiger charge is 2.14. The van der Waals surface area contributed by atoms with Gasteiger partial charge >= 0.3 is 5.97 Å². The van der Waals surface area contributed by atoms with E-state index in [1.54, 1.807) is 0 Å². The van der Waals surface area contributed by atoms with Crippen LogP contribution >= 0.6 is 0 Å². The third-order valence-electron chi connectivity index (χ3n) is 4.57. The van der Waals surface area contributed by atoms with Gasteiger partial charge in [-0.3, -0.25) is 0 Å². The van der Waals surface area contributed by atoms with E-state index in [4.69, 9.17) is 9.84 Å². The van der Waals surface area contributed by atoms with E-state index in [0.29, 0.717) is 23.5 Å². The number of hydrogen-bond acceptors (Lipinski definition) is 4. The minimum atomic E-state index is -1.09. The Hall–Kier alpha value is -1.59. The molecule has 148 valence electrons. The van der Waals surface area contributed by atoms with Gasteiger partial charge in [-0.2, -0.15) is 0 Å². The van der Waals surface area contributed by atoms with Gasteiger partial charge in [-0.05, 0) is 18.6 Å². The number of rotatable bonds is 15. The topological polar surface area (TPSA) is 87.0 Å². The summed E-state index contributed by atoms with van der Waals surface area (Å²) >= 11 is 0. The highest BCUT2D eigenvalue weighted by molar-refractivity contribution is 5.88. The van der Waals surface area contributed by atoms with Crippen LogP contribution in [0.15, 0.2) is 12.1 Å². The van der Waals surface area contributed by atoms with E-state index in [0.717, 1.165) is 12.8 Å². The van der Waals surface area contributed by atoms with Crippen molar-refractivity contribution in [2.24, 2.45) is 0 Å². The van der Waals surface area contributed by atoms with E-state index in [1.807, 2.05) is 0 Å². The van der Waals surface area contributed by atoms with Crippen LogP contribution in [0.4, 0.5) is 0 Å². The Bertz CT molecular complexity index is 502. The summed E-state index contributed by atoms with van der Waals surface area (Å²) in [5, 5.41) is 28.0. The molecule has 0 unspecified atom stereocenters. The average Bonchev–Trinajstić information content (AvgIpc) is 2.65. The smallest absolute Gasteiger partial charge is 0.335 e. The molecule has 0 amide bonds. The van der Waals surface area contributed by atoms with Crippen molar-refractivity contribution < 1.29 is 24.9 Å². The molecule has 0 saturated heterocycles. The quantitative estimate of drug-likeness (QED) is 0.393. The molecule has 26 heavy (non-hydrogen) atoms. The summed E-state index contributed by atoms with van der Waals surface area (Å²) < 4.78 is 5.74. The minimum absolute atomic E-state index is 0.0457. The first-order valence-electron chi connectivity index (χ1n) is 9.87. The predicted octanol–water partition coefficient (Wildman–Crippen LogP) is 4.67. The summed E-state index contributed by atoms with van der Waals surface area (Å²) in [5.74, 6) is -0.674. The van der Waals surface area contributed by atoms with Crippen LogP contribution in [0, 0.1) is 0 Å². The van der Waals surface area contributed by atoms with Crippen LogP contribution in [0.2, 0.25) is 0 Å². The van der Waals surface area contributed by atoms with Gasteiger partial charge in [0.25, 0.3) is 0 Å². The summed E-state index contributed by atoms with van der Waals surface area (Å²) in [6, 6.07) is 2.80. The highest BCUT2D eigenvalue weighted by Crippen LogP contribution is 2.27. The molecule has 0 saturated carbocycles. The van der Waals surface area contributed by atoms with Gasteiger partial charge in [-0.15, -0.1) is 0 Å². The largest absolute Gasteiger partial charge is 0.493 e. The lowest BCUT2D eigenvalue weighted by molar-refractivity contribution is 0.0696. The Kier molecular flexibility index (Phi) is 11.7. The second kappa shape index (κ2) is 13.6. The Morgan fingerprint density at radius 3 is 1.73 bits per heavy atom. The molecule has 0 aliphatic rings. The number of benzene rings is 1. The number of carboxylic acid groups (broad SMARTS) is 1. The molecule has 0 heterocycles. The van der Waals surface area contributed by atoms with Crippen LogP contribution in [0.25, 0.3) is 0 Å². The van der Waals surface area contributed by atoms with E-state index in [1.165, 1.54) is 63.5 Å². The zero-order valence-electron chi connectivity index (χ0n) is 16.0. The lowest BCUT2D eigenvalue weighted by Gasteiger charge is -2.15. The molecular weight excluding hydrogens is 332 g/mol. The lowest BCUT2D eigenvalue weighted by Crippen LogP contribution is -2.07. The number of aliphatic hydroxyl groups is 2. The maximum absolute atomic E-state index is 11.1. The predicted molar refractivity (Wildman–Crippen MR) is 103 cm³/mol. The van der Waals surface area contributed by atoms with Gasteiger partial charge < -0.3 is 20.1 Å². The molecule has 0 atom stereocenters. The van der Waals surface area contributed by atoms with Crippen LogP contribution in [0.3, 0.4) is 0 Å². The summed E-state index contributed by atoms with van der Waals surface area (Å²) in [5.41, 5.74) is 0.853. The first kappa shape index (κ1) is 22.5. The number of aromatic carboxylic acids is 1. The van der Waals surface area contributed by atoms with Gasteiger partial charge in [0.1, 0.15) is 5.75 Å². The molecule has 0 bridgehead atoms. The van der Waals surface area contributed by atoms with Crippen molar-refractivity contribution in [3.05, 3.63) is 28.8 Å². The Morgan fingerprint density at radius 1 is 0.846 bits per heavy atom. The zero-order chi connectivity index (χ0) is 19.2. The second-order valence-electron chi connectivity index (χ2n) is 6.78. The Morgan fingerprint density at radius 2 is 1.31 bits per heavy atom. The molecule has 0 radical (unpaired) electrons. The van der Waals surface area contributed by atoms with Crippen molar-refractivity contribution in [2.45, 2.75) is 84.3 Å². The fraction of sp³-hybridized carbons (Fsp3) is 0.667. The highest BCUT2D eigenvalue weighted by atomic mass is 16.5. The average molecular weight is 366 g/mol. The van der Waals surface area contributed by atoms with Gasteiger partial charge in [-0.1, -0.05) is 64.7 Å². The van der Waals surface area contributed by atoms with Gasteiger partial charge in [0.2, 0.25) is 0 Å². The summed E-state index contributed by atoms with van der Waals surface area (Å²) in [7, 11) is 0. The number of ether oxygens (including phenoxy) is 1. The number of hydrogen-bond donors (Lipinski definition) is 3. The van der Waals surface area contributed by atoms with Crippen LogP contribution < -0.4 is 4.74 Å². The molecule has 3 N–H and O–H groups in total. The maximum atomic E-state index is 11.1. The van der Waals surface area contributed by atoms with Crippen LogP contribution in [-0.4, -0.2) is 27.9 Å². The monoisotopic (exact) mass is 366 g/mol. The molecule has 0 aliphatic heterocycles. The Labute approximate surface area is 157 Å². The molecule has 0 fully saturated rings. The van der Waals surface area contributed by atoms with Gasteiger partial charge in [0.05, 0.1) is 25.4 Å². The molecule has 1 aromatic rings. The van der Waals surface area contributed by atoms with Crippen molar-refractivity contribution in [2.75, 3.05) is 6.61 Å². The fourth-order valence-electron chi connectivity index (χ4n) is 3.06. The van der Waals surface area contributed by atoms with Gasteiger partial charge in [0.15, 0.2) is 0 Å². The lowest BCUT2D eigenvalue weighted by atomic mass is 10.0. The Balaban J connectivity index is 2.31. The molecule has 0 spiro atoms. The standard InChI is InChI=1S/C21H34O5/c1-2-3-4-5-6-7-8-9-10-11-12-26-20-18(15-22)13-17(21(24)25)14-19(20)16-23/h13-14,22-23H,2-12,15-16H2,1H3,(H,24,25). The number of carboxylic acids is 1. The molecule has 0 aliphatic carbocycles. The van der Waals surface area contributed by atoms with Crippen molar-refractivity contribution in [3.63, 3.8) is 0 Å². The molecule has 5 nitrogen and oxygen atoms in total. The molecular formula is C21H34O5. The van der Waals surface area contributed by atoms with E-state index in [9.17, 15) is 15.0 Å². The van der Waals surface area contributed by atoms with Crippen molar-refractivity contribution in [3.8, 4) is 5.75 Å². The summed E-state index contributed by atoms with van der Waals surface area (Å²) in [4.78, 5) is 11.1. The van der Waals surface area contributed by atoms with E-state index >= 15 is 0 Å². The minimum Gasteiger partial charge on any atom is -0.493 e. The molecule has 1 rings (SSSR count). The van der Waals surface area contributed by atoms with Crippen molar-refractivity contribution in [1.29, 1.82) is 0 Å². The van der Waals surface area contributed by atoms with Crippen LogP contribution in [0.1, 0.15) is 92.6 Å². The number of unbranched alkanes of at least 4 members (excludes halogenated alkanes) is 9. The molecule has 1 aromatic carbocycles. The zero-order valence-corrected chi connectivity index (χ0v) is 16.0.